The number of carbonyl (C=O) groups is 1. The minimum Gasteiger partial charge on any atom is -0.477 e. The van der Waals surface area contributed by atoms with Gasteiger partial charge in [-0.15, -0.1) is 5.10 Å². The summed E-state index contributed by atoms with van der Waals surface area (Å²) in [6, 6.07) is 21.8. The summed E-state index contributed by atoms with van der Waals surface area (Å²) in [5.74, 6) is -0.00496. The quantitative estimate of drug-likeness (QED) is 0.428. The monoisotopic (exact) mass is 411 g/mol. The third-order valence-corrected chi connectivity index (χ3v) is 4.85. The van der Waals surface area contributed by atoms with Gasteiger partial charge in [0.2, 0.25) is 11.8 Å². The maximum Gasteiger partial charge on any atom is 0.341 e. The number of carboxylic acids is 1. The SMILES string of the molecule is O=C(O)c1cnc(NCc2ccc(-c3ccccc3)cc2)n2nc(-c3ccco3)nc12. The first-order valence-electron chi connectivity index (χ1n) is 9.60. The number of furan rings is 1. The Hall–Kier alpha value is -4.46. The number of nitrogens with one attached hydrogen (secondary N) is 1. The topological polar surface area (TPSA) is 106 Å². The summed E-state index contributed by atoms with van der Waals surface area (Å²) in [4.78, 5) is 20.2. The molecule has 5 aromatic rings. The van der Waals surface area contributed by atoms with Gasteiger partial charge in [0, 0.05) is 12.7 Å². The van der Waals surface area contributed by atoms with Crippen molar-refractivity contribution in [3.8, 4) is 22.7 Å². The third-order valence-electron chi connectivity index (χ3n) is 4.85. The maximum absolute atomic E-state index is 11.6. The van der Waals surface area contributed by atoms with Crippen LogP contribution >= 0.6 is 0 Å². The number of hydrogen-bond donors (Lipinski definition) is 2. The van der Waals surface area contributed by atoms with Gasteiger partial charge in [-0.1, -0.05) is 54.6 Å². The normalized spacial score (nSPS) is 11.0. The Morgan fingerprint density at radius 3 is 2.48 bits per heavy atom. The van der Waals surface area contributed by atoms with E-state index in [4.69, 9.17) is 4.42 Å². The number of anilines is 1. The second-order valence-electron chi connectivity index (χ2n) is 6.87. The Kier molecular flexibility index (Phi) is 4.64. The molecular weight excluding hydrogens is 394 g/mol. The number of rotatable bonds is 6. The van der Waals surface area contributed by atoms with E-state index >= 15 is 0 Å². The van der Waals surface area contributed by atoms with Gasteiger partial charge >= 0.3 is 5.97 Å². The smallest absolute Gasteiger partial charge is 0.341 e. The molecule has 0 radical (unpaired) electrons. The van der Waals surface area contributed by atoms with Gasteiger partial charge in [0.05, 0.1) is 6.26 Å². The molecule has 2 aromatic carbocycles. The van der Waals surface area contributed by atoms with Crippen LogP contribution in [-0.2, 0) is 6.54 Å². The molecule has 0 aliphatic rings. The summed E-state index contributed by atoms with van der Waals surface area (Å²) in [6.45, 7) is 0.486. The number of nitrogens with zero attached hydrogens (tertiary/aromatic N) is 4. The zero-order valence-corrected chi connectivity index (χ0v) is 16.3. The standard InChI is InChI=1S/C23H17N5O3/c29-22(30)18-14-25-23(28-21(18)26-20(27-28)19-7-4-12-31-19)24-13-15-8-10-17(11-9-15)16-5-2-1-3-6-16/h1-12,14H,13H2,(H,24,25)(H,29,30). The lowest BCUT2D eigenvalue weighted by molar-refractivity contribution is 0.0698. The first kappa shape index (κ1) is 18.6. The molecule has 0 saturated heterocycles. The summed E-state index contributed by atoms with van der Waals surface area (Å²) in [5, 5.41) is 17.1. The van der Waals surface area contributed by atoms with Crippen LogP contribution in [0.5, 0.6) is 0 Å². The molecule has 0 bridgehead atoms. The van der Waals surface area contributed by atoms with E-state index in [0.717, 1.165) is 16.7 Å². The van der Waals surface area contributed by atoms with Crippen LogP contribution in [0.3, 0.4) is 0 Å². The highest BCUT2D eigenvalue weighted by atomic mass is 16.4. The van der Waals surface area contributed by atoms with E-state index in [-0.39, 0.29) is 17.0 Å². The Balaban J connectivity index is 1.42. The molecule has 8 nitrogen and oxygen atoms in total. The zero-order valence-electron chi connectivity index (χ0n) is 16.3. The van der Waals surface area contributed by atoms with Gasteiger partial charge in [0.15, 0.2) is 11.4 Å². The summed E-state index contributed by atoms with van der Waals surface area (Å²) in [7, 11) is 0. The van der Waals surface area contributed by atoms with Crippen LogP contribution in [0.25, 0.3) is 28.4 Å². The van der Waals surface area contributed by atoms with Crippen LogP contribution < -0.4 is 5.32 Å². The van der Waals surface area contributed by atoms with E-state index in [2.05, 4.69) is 44.6 Å². The van der Waals surface area contributed by atoms with Crippen molar-refractivity contribution in [1.82, 2.24) is 19.6 Å². The minimum absolute atomic E-state index is 0.0388. The lowest BCUT2D eigenvalue weighted by Gasteiger charge is -2.09. The summed E-state index contributed by atoms with van der Waals surface area (Å²) in [6.07, 6.45) is 2.79. The Morgan fingerprint density at radius 1 is 1.00 bits per heavy atom. The minimum atomic E-state index is -1.13. The van der Waals surface area contributed by atoms with Crippen LogP contribution in [0.4, 0.5) is 5.95 Å². The fraction of sp³-hybridized carbons (Fsp3) is 0.0435. The van der Waals surface area contributed by atoms with Crippen molar-refractivity contribution < 1.29 is 14.3 Å². The van der Waals surface area contributed by atoms with Gasteiger partial charge in [-0.05, 0) is 28.8 Å². The van der Waals surface area contributed by atoms with Crippen LogP contribution in [0.2, 0.25) is 0 Å². The number of benzene rings is 2. The molecule has 5 rings (SSSR count). The molecule has 0 atom stereocenters. The zero-order chi connectivity index (χ0) is 21.2. The van der Waals surface area contributed by atoms with Gasteiger partial charge in [-0.3, -0.25) is 0 Å². The third kappa shape index (κ3) is 3.62. The molecule has 0 spiro atoms. The largest absolute Gasteiger partial charge is 0.477 e. The number of hydrogen-bond acceptors (Lipinski definition) is 6. The molecule has 3 heterocycles. The highest BCUT2D eigenvalue weighted by Crippen LogP contribution is 2.22. The van der Waals surface area contributed by atoms with Crippen molar-refractivity contribution in [2.24, 2.45) is 0 Å². The molecule has 0 fully saturated rings. The van der Waals surface area contributed by atoms with Gasteiger partial charge < -0.3 is 14.8 Å². The van der Waals surface area contributed by atoms with E-state index in [1.165, 1.54) is 17.0 Å². The van der Waals surface area contributed by atoms with E-state index < -0.39 is 5.97 Å². The molecule has 0 aliphatic heterocycles. The molecule has 0 saturated carbocycles. The number of aromatic nitrogens is 4. The average Bonchev–Trinajstić information content (AvgIpc) is 3.48. The molecule has 2 N–H and O–H groups in total. The van der Waals surface area contributed by atoms with E-state index in [9.17, 15) is 9.90 Å². The van der Waals surface area contributed by atoms with E-state index in [1.54, 1.807) is 12.1 Å². The van der Waals surface area contributed by atoms with Crippen LogP contribution in [-0.4, -0.2) is 30.7 Å². The fourth-order valence-corrected chi connectivity index (χ4v) is 3.28. The van der Waals surface area contributed by atoms with Crippen LogP contribution in [0, 0.1) is 0 Å². The molecule has 0 amide bonds. The fourth-order valence-electron chi connectivity index (χ4n) is 3.28. The van der Waals surface area contributed by atoms with Gasteiger partial charge in [-0.2, -0.15) is 4.52 Å². The lowest BCUT2D eigenvalue weighted by atomic mass is 10.0. The Labute approximate surface area is 176 Å². The number of carboxylic acid groups (broad SMARTS) is 1. The highest BCUT2D eigenvalue weighted by molar-refractivity contribution is 5.94. The molecule has 31 heavy (non-hydrogen) atoms. The first-order valence-corrected chi connectivity index (χ1v) is 9.60. The van der Waals surface area contributed by atoms with Gasteiger partial charge in [0.1, 0.15) is 5.56 Å². The van der Waals surface area contributed by atoms with Crippen molar-refractivity contribution in [3.05, 3.63) is 90.3 Å². The van der Waals surface area contributed by atoms with Crippen molar-refractivity contribution in [1.29, 1.82) is 0 Å². The molecule has 8 heteroatoms. The van der Waals surface area contributed by atoms with E-state index in [1.807, 2.05) is 30.3 Å². The second kappa shape index (κ2) is 7.75. The van der Waals surface area contributed by atoms with E-state index in [0.29, 0.717) is 18.3 Å². The average molecular weight is 411 g/mol. The van der Waals surface area contributed by atoms with Crippen molar-refractivity contribution in [2.45, 2.75) is 6.54 Å². The highest BCUT2D eigenvalue weighted by Gasteiger charge is 2.19. The predicted octanol–water partition coefficient (Wildman–Crippen LogP) is 4.36. The summed E-state index contributed by atoms with van der Waals surface area (Å²) < 4.78 is 6.73. The number of fused-ring (bicyclic) bond motifs is 1. The predicted molar refractivity (Wildman–Crippen MR) is 115 cm³/mol. The molecule has 0 unspecified atom stereocenters. The number of aromatic carboxylic acids is 1. The molecule has 152 valence electrons. The van der Waals surface area contributed by atoms with Gasteiger partial charge in [0.25, 0.3) is 0 Å². The van der Waals surface area contributed by atoms with Crippen LogP contribution in [0.1, 0.15) is 15.9 Å². The van der Waals surface area contributed by atoms with Crippen molar-refractivity contribution >= 4 is 17.6 Å². The molecule has 0 aliphatic carbocycles. The molecular formula is C23H17N5O3. The maximum atomic E-state index is 11.6. The molecule has 3 aromatic heterocycles. The van der Waals surface area contributed by atoms with Crippen LogP contribution in [0.15, 0.2) is 83.6 Å². The second-order valence-corrected chi connectivity index (χ2v) is 6.87. The lowest BCUT2D eigenvalue weighted by Crippen LogP contribution is -2.10. The summed E-state index contributed by atoms with van der Waals surface area (Å²) >= 11 is 0. The summed E-state index contributed by atoms with van der Waals surface area (Å²) in [5.41, 5.74) is 3.49. The first-order chi connectivity index (χ1) is 15.2. The van der Waals surface area contributed by atoms with Gasteiger partial charge in [-0.25, -0.2) is 14.8 Å². The Bertz CT molecular complexity index is 1340. The van der Waals surface area contributed by atoms with Crippen molar-refractivity contribution in [3.63, 3.8) is 0 Å². The Morgan fingerprint density at radius 2 is 1.77 bits per heavy atom. The van der Waals surface area contributed by atoms with Crippen molar-refractivity contribution in [2.75, 3.05) is 5.32 Å².